The van der Waals surface area contributed by atoms with Gasteiger partial charge in [-0.3, -0.25) is 4.79 Å². The van der Waals surface area contributed by atoms with Crippen molar-refractivity contribution in [3.8, 4) is 0 Å². The fraction of sp³-hybridized carbons (Fsp3) is 0. The zero-order chi connectivity index (χ0) is 8.97. The van der Waals surface area contributed by atoms with E-state index in [1.165, 1.54) is 12.1 Å². The molecular weight excluding hydrogens is 157 g/mol. The van der Waals surface area contributed by atoms with E-state index < -0.39 is 5.91 Å². The second-order valence-electron chi connectivity index (χ2n) is 2.26. The van der Waals surface area contributed by atoms with Crippen LogP contribution >= 0.6 is 0 Å². The maximum Gasteiger partial charge on any atom is 0.241 e. The van der Waals surface area contributed by atoms with Crippen LogP contribution in [-0.4, -0.2) is 5.91 Å². The average molecular weight is 165 g/mol. The minimum atomic E-state index is -0.585. The molecule has 12 heavy (non-hydrogen) atoms. The van der Waals surface area contributed by atoms with Crippen molar-refractivity contribution < 1.29 is 9.18 Å². The third-order valence-electron chi connectivity index (χ3n) is 1.33. The number of carbonyl (C=O) groups excluding carboxylic acids is 1. The molecule has 0 saturated heterocycles. The molecule has 0 heterocycles. The van der Waals surface area contributed by atoms with Crippen molar-refractivity contribution in [3.63, 3.8) is 0 Å². The molecule has 1 aromatic carbocycles. The molecule has 0 radical (unpaired) electrons. The summed E-state index contributed by atoms with van der Waals surface area (Å²) in [6.07, 6.45) is 2.47. The lowest BCUT2D eigenvalue weighted by molar-refractivity contribution is -0.113. The van der Waals surface area contributed by atoms with E-state index >= 15 is 0 Å². The summed E-state index contributed by atoms with van der Waals surface area (Å²) in [5, 5.41) is 0. The number of nitrogens with two attached hydrogens (primary N) is 1. The summed E-state index contributed by atoms with van der Waals surface area (Å²) in [5.74, 6) is -0.951. The number of halogens is 1. The second-order valence-corrected chi connectivity index (χ2v) is 2.26. The third kappa shape index (κ3) is 2.20. The van der Waals surface area contributed by atoms with E-state index in [9.17, 15) is 9.18 Å². The first-order chi connectivity index (χ1) is 5.70. The summed E-state index contributed by atoms with van der Waals surface area (Å²) >= 11 is 0. The molecule has 0 aliphatic rings. The van der Waals surface area contributed by atoms with E-state index in [0.717, 1.165) is 6.08 Å². The molecule has 2 nitrogen and oxygen atoms in total. The van der Waals surface area contributed by atoms with Crippen LogP contribution in [0.3, 0.4) is 0 Å². The van der Waals surface area contributed by atoms with Gasteiger partial charge >= 0.3 is 0 Å². The van der Waals surface area contributed by atoms with Crippen LogP contribution in [0.2, 0.25) is 0 Å². The van der Waals surface area contributed by atoms with Crippen LogP contribution < -0.4 is 5.73 Å². The number of carbonyl (C=O) groups is 1. The maximum atomic E-state index is 12.8. The molecule has 0 bridgehead atoms. The number of hydrogen-bond donors (Lipinski definition) is 1. The third-order valence-corrected chi connectivity index (χ3v) is 1.33. The Hall–Kier alpha value is -1.64. The molecule has 0 spiro atoms. The van der Waals surface area contributed by atoms with Gasteiger partial charge in [-0.25, -0.2) is 4.39 Å². The van der Waals surface area contributed by atoms with Crippen LogP contribution in [0, 0.1) is 5.82 Å². The Kier molecular flexibility index (Phi) is 2.58. The van der Waals surface area contributed by atoms with E-state index in [1.54, 1.807) is 18.2 Å². The predicted octanol–water partition coefficient (Wildman–Crippen LogP) is 1.32. The van der Waals surface area contributed by atoms with Gasteiger partial charge in [0.15, 0.2) is 0 Å². The van der Waals surface area contributed by atoms with Gasteiger partial charge in [0.05, 0.1) is 0 Å². The Morgan fingerprint density at radius 1 is 1.42 bits per heavy atom. The molecule has 0 fully saturated rings. The first-order valence-corrected chi connectivity index (χ1v) is 3.42. The number of amides is 1. The Labute approximate surface area is 69.5 Å². The van der Waals surface area contributed by atoms with Crippen LogP contribution in [-0.2, 0) is 4.79 Å². The normalized spacial score (nSPS) is 10.4. The molecule has 0 aromatic heterocycles. The first kappa shape index (κ1) is 8.46. The molecule has 3 heteroatoms. The summed E-state index contributed by atoms with van der Waals surface area (Å²) in [7, 11) is 0. The molecule has 0 atom stereocenters. The molecule has 0 saturated carbocycles. The molecule has 1 amide bonds. The number of benzene rings is 1. The number of rotatable bonds is 2. The predicted molar refractivity (Wildman–Crippen MR) is 44.6 cm³/mol. The summed E-state index contributed by atoms with van der Waals surface area (Å²) < 4.78 is 12.8. The van der Waals surface area contributed by atoms with E-state index in [2.05, 4.69) is 0 Å². The van der Waals surface area contributed by atoms with Crippen LogP contribution in [0.5, 0.6) is 0 Å². The van der Waals surface area contributed by atoms with Gasteiger partial charge in [0.1, 0.15) is 5.82 Å². The van der Waals surface area contributed by atoms with Crippen molar-refractivity contribution in [1.82, 2.24) is 0 Å². The lowest BCUT2D eigenvalue weighted by atomic mass is 10.2. The quantitative estimate of drug-likeness (QED) is 0.660. The van der Waals surface area contributed by atoms with Crippen molar-refractivity contribution in [2.24, 2.45) is 5.73 Å². The molecule has 1 aromatic rings. The van der Waals surface area contributed by atoms with Gasteiger partial charge in [0.2, 0.25) is 5.91 Å². The van der Waals surface area contributed by atoms with Crippen molar-refractivity contribution >= 4 is 12.0 Å². The topological polar surface area (TPSA) is 43.1 Å². The Morgan fingerprint density at radius 3 is 2.67 bits per heavy atom. The van der Waals surface area contributed by atoms with Gasteiger partial charge in [0, 0.05) is 11.6 Å². The van der Waals surface area contributed by atoms with Gasteiger partial charge in [-0.05, 0) is 12.1 Å². The lowest BCUT2D eigenvalue weighted by Crippen LogP contribution is -2.05. The molecule has 62 valence electrons. The fourth-order valence-corrected chi connectivity index (χ4v) is 0.782. The van der Waals surface area contributed by atoms with E-state index in [1.807, 2.05) is 0 Å². The van der Waals surface area contributed by atoms with Gasteiger partial charge < -0.3 is 5.73 Å². The fourth-order valence-electron chi connectivity index (χ4n) is 0.782. The SMILES string of the molecule is NC(=O)C=Cc1ccccc1F. The summed E-state index contributed by atoms with van der Waals surface area (Å²) in [6.45, 7) is 0. The van der Waals surface area contributed by atoms with Crippen LogP contribution in [0.25, 0.3) is 6.08 Å². The van der Waals surface area contributed by atoms with Crippen molar-refractivity contribution in [2.45, 2.75) is 0 Å². The highest BCUT2D eigenvalue weighted by atomic mass is 19.1. The Bertz CT molecular complexity index is 320. The maximum absolute atomic E-state index is 12.8. The van der Waals surface area contributed by atoms with Crippen molar-refractivity contribution in [1.29, 1.82) is 0 Å². The molecule has 0 unspecified atom stereocenters. The highest BCUT2D eigenvalue weighted by Gasteiger charge is 1.94. The van der Waals surface area contributed by atoms with Gasteiger partial charge in [-0.2, -0.15) is 0 Å². The highest BCUT2D eigenvalue weighted by Crippen LogP contribution is 2.07. The van der Waals surface area contributed by atoms with E-state index in [-0.39, 0.29) is 5.82 Å². The van der Waals surface area contributed by atoms with Crippen LogP contribution in [0.4, 0.5) is 4.39 Å². The summed E-state index contributed by atoms with van der Waals surface area (Å²) in [5.41, 5.74) is 5.20. The summed E-state index contributed by atoms with van der Waals surface area (Å²) in [4.78, 5) is 10.3. The molecular formula is C9H8FNO. The van der Waals surface area contributed by atoms with Gasteiger partial charge in [-0.1, -0.05) is 18.2 Å². The molecule has 2 N–H and O–H groups in total. The van der Waals surface area contributed by atoms with Crippen LogP contribution in [0.1, 0.15) is 5.56 Å². The first-order valence-electron chi connectivity index (χ1n) is 3.42. The van der Waals surface area contributed by atoms with Crippen molar-refractivity contribution in [3.05, 3.63) is 41.7 Å². The average Bonchev–Trinajstić information content (AvgIpc) is 2.03. The minimum Gasteiger partial charge on any atom is -0.366 e. The van der Waals surface area contributed by atoms with Crippen LogP contribution in [0.15, 0.2) is 30.3 Å². The molecule has 1 rings (SSSR count). The largest absolute Gasteiger partial charge is 0.366 e. The number of hydrogen-bond acceptors (Lipinski definition) is 1. The zero-order valence-corrected chi connectivity index (χ0v) is 6.33. The number of primary amides is 1. The molecule has 0 aliphatic carbocycles. The summed E-state index contributed by atoms with van der Waals surface area (Å²) in [6, 6.07) is 6.15. The van der Waals surface area contributed by atoms with E-state index in [4.69, 9.17) is 5.73 Å². The minimum absolute atomic E-state index is 0.358. The monoisotopic (exact) mass is 165 g/mol. The standard InChI is InChI=1S/C9H8FNO/c10-8-4-2-1-3-7(8)5-6-9(11)12/h1-6H,(H2,11,12). The zero-order valence-electron chi connectivity index (χ0n) is 6.33. The highest BCUT2D eigenvalue weighted by molar-refractivity contribution is 5.90. The van der Waals surface area contributed by atoms with Crippen molar-refractivity contribution in [2.75, 3.05) is 0 Å². The van der Waals surface area contributed by atoms with Gasteiger partial charge in [0.25, 0.3) is 0 Å². The second kappa shape index (κ2) is 3.67. The molecule has 0 aliphatic heterocycles. The Morgan fingerprint density at radius 2 is 2.08 bits per heavy atom. The Balaban J connectivity index is 2.89. The lowest BCUT2D eigenvalue weighted by Gasteiger charge is -1.93. The smallest absolute Gasteiger partial charge is 0.241 e. The van der Waals surface area contributed by atoms with Gasteiger partial charge in [-0.15, -0.1) is 0 Å². The van der Waals surface area contributed by atoms with E-state index in [0.29, 0.717) is 5.56 Å².